The lowest BCUT2D eigenvalue weighted by molar-refractivity contribution is 0.0523. The molecule has 2 nitrogen and oxygen atoms in total. The molecular formula is C18H22FNO. The van der Waals surface area contributed by atoms with E-state index in [1.54, 1.807) is 12.1 Å². The van der Waals surface area contributed by atoms with Gasteiger partial charge in [0.25, 0.3) is 0 Å². The molecule has 1 unspecified atom stereocenters. The van der Waals surface area contributed by atoms with Gasteiger partial charge in [-0.3, -0.25) is 0 Å². The Bertz CT molecular complexity index is 513. The molecule has 112 valence electrons. The second-order valence-corrected chi connectivity index (χ2v) is 5.06. The van der Waals surface area contributed by atoms with Gasteiger partial charge in [0.2, 0.25) is 0 Å². The minimum Gasteiger partial charge on any atom is -0.372 e. The highest BCUT2D eigenvalue weighted by Crippen LogP contribution is 2.17. The zero-order valence-corrected chi connectivity index (χ0v) is 12.4. The van der Waals surface area contributed by atoms with Crippen LogP contribution in [-0.2, 0) is 11.2 Å². The minimum atomic E-state index is -0.217. The zero-order valence-electron chi connectivity index (χ0n) is 12.4. The predicted molar refractivity (Wildman–Crippen MR) is 83.8 cm³/mol. The summed E-state index contributed by atoms with van der Waals surface area (Å²) in [7, 11) is 1.89. The molecule has 0 aliphatic carbocycles. The van der Waals surface area contributed by atoms with Crippen molar-refractivity contribution in [1.29, 1.82) is 0 Å². The second-order valence-electron chi connectivity index (χ2n) is 5.06. The Morgan fingerprint density at radius 3 is 2.43 bits per heavy atom. The van der Waals surface area contributed by atoms with Crippen LogP contribution in [-0.4, -0.2) is 20.2 Å². The molecule has 0 amide bonds. The predicted octanol–water partition coefficient (Wildman–Crippen LogP) is 3.74. The first-order chi connectivity index (χ1) is 10.3. The molecule has 0 heterocycles. The van der Waals surface area contributed by atoms with E-state index >= 15 is 0 Å². The molecular weight excluding hydrogens is 265 g/mol. The van der Waals surface area contributed by atoms with Crippen molar-refractivity contribution in [3.8, 4) is 0 Å². The molecule has 0 bridgehead atoms. The smallest absolute Gasteiger partial charge is 0.123 e. The average molecular weight is 287 g/mol. The van der Waals surface area contributed by atoms with E-state index in [4.69, 9.17) is 4.74 Å². The summed E-state index contributed by atoms with van der Waals surface area (Å²) < 4.78 is 18.9. The molecule has 0 aromatic heterocycles. The van der Waals surface area contributed by atoms with Crippen molar-refractivity contribution < 1.29 is 9.13 Å². The van der Waals surface area contributed by atoms with Gasteiger partial charge in [-0.1, -0.05) is 42.5 Å². The number of rotatable bonds is 8. The molecule has 0 aliphatic heterocycles. The van der Waals surface area contributed by atoms with Crippen molar-refractivity contribution in [3.63, 3.8) is 0 Å². The standard InChI is InChI=1S/C18H22FNO/c1-20-14-18(16-9-11-17(19)12-10-16)21-13-5-8-15-6-3-2-4-7-15/h2-4,6-7,9-12,18,20H,5,8,13-14H2,1H3. The molecule has 0 saturated heterocycles. The number of aryl methyl sites for hydroxylation is 1. The third-order valence-corrected chi connectivity index (χ3v) is 3.40. The van der Waals surface area contributed by atoms with Gasteiger partial charge < -0.3 is 10.1 Å². The molecule has 0 saturated carbocycles. The summed E-state index contributed by atoms with van der Waals surface area (Å²) in [5.74, 6) is -0.217. The van der Waals surface area contributed by atoms with Crippen molar-refractivity contribution in [3.05, 3.63) is 71.5 Å². The van der Waals surface area contributed by atoms with Gasteiger partial charge in [0.15, 0.2) is 0 Å². The Morgan fingerprint density at radius 2 is 1.76 bits per heavy atom. The van der Waals surface area contributed by atoms with Gasteiger partial charge in [-0.15, -0.1) is 0 Å². The summed E-state index contributed by atoms with van der Waals surface area (Å²) >= 11 is 0. The molecule has 0 aliphatic rings. The van der Waals surface area contributed by atoms with Crippen molar-refractivity contribution in [2.75, 3.05) is 20.2 Å². The van der Waals surface area contributed by atoms with Crippen LogP contribution in [0.2, 0.25) is 0 Å². The molecule has 2 aromatic carbocycles. The SMILES string of the molecule is CNCC(OCCCc1ccccc1)c1ccc(F)cc1. The van der Waals surface area contributed by atoms with Crippen LogP contribution >= 0.6 is 0 Å². The van der Waals surface area contributed by atoms with Crippen LogP contribution in [0.15, 0.2) is 54.6 Å². The summed E-state index contributed by atoms with van der Waals surface area (Å²) in [6.07, 6.45) is 1.95. The maximum absolute atomic E-state index is 13.0. The van der Waals surface area contributed by atoms with E-state index in [1.807, 2.05) is 13.1 Å². The number of hydrogen-bond donors (Lipinski definition) is 1. The van der Waals surface area contributed by atoms with Crippen molar-refractivity contribution in [2.24, 2.45) is 0 Å². The van der Waals surface area contributed by atoms with Crippen molar-refractivity contribution >= 4 is 0 Å². The molecule has 0 fully saturated rings. The zero-order chi connectivity index (χ0) is 14.9. The molecule has 0 radical (unpaired) electrons. The average Bonchev–Trinajstić information content (AvgIpc) is 2.52. The van der Waals surface area contributed by atoms with Crippen LogP contribution in [0, 0.1) is 5.82 Å². The van der Waals surface area contributed by atoms with Gasteiger partial charge in [0.05, 0.1) is 6.10 Å². The fraction of sp³-hybridized carbons (Fsp3) is 0.333. The highest BCUT2D eigenvalue weighted by Gasteiger charge is 2.11. The Balaban J connectivity index is 1.81. The highest BCUT2D eigenvalue weighted by atomic mass is 19.1. The van der Waals surface area contributed by atoms with E-state index in [1.165, 1.54) is 17.7 Å². The van der Waals surface area contributed by atoms with Gasteiger partial charge in [-0.2, -0.15) is 0 Å². The van der Waals surface area contributed by atoms with Crippen LogP contribution < -0.4 is 5.32 Å². The second kappa shape index (κ2) is 8.55. The molecule has 21 heavy (non-hydrogen) atoms. The monoisotopic (exact) mass is 287 g/mol. The number of ether oxygens (including phenoxy) is 1. The van der Waals surface area contributed by atoms with Gasteiger partial charge in [-0.05, 0) is 43.1 Å². The summed E-state index contributed by atoms with van der Waals surface area (Å²) in [6, 6.07) is 16.9. The van der Waals surface area contributed by atoms with Gasteiger partial charge in [-0.25, -0.2) is 4.39 Å². The lowest BCUT2D eigenvalue weighted by Gasteiger charge is -2.18. The minimum absolute atomic E-state index is 0.0358. The van der Waals surface area contributed by atoms with Gasteiger partial charge >= 0.3 is 0 Å². The largest absolute Gasteiger partial charge is 0.372 e. The summed E-state index contributed by atoms with van der Waals surface area (Å²) in [6.45, 7) is 1.41. The fourth-order valence-corrected chi connectivity index (χ4v) is 2.28. The summed E-state index contributed by atoms with van der Waals surface area (Å²) in [5.41, 5.74) is 2.33. The van der Waals surface area contributed by atoms with Crippen LogP contribution in [0.3, 0.4) is 0 Å². The molecule has 0 spiro atoms. The maximum atomic E-state index is 13.0. The van der Waals surface area contributed by atoms with Crippen LogP contribution in [0.5, 0.6) is 0 Å². The first-order valence-electron chi connectivity index (χ1n) is 7.35. The number of halogens is 1. The van der Waals surface area contributed by atoms with E-state index in [0.29, 0.717) is 6.61 Å². The van der Waals surface area contributed by atoms with Crippen molar-refractivity contribution in [1.82, 2.24) is 5.32 Å². The van der Waals surface area contributed by atoms with E-state index in [0.717, 1.165) is 24.9 Å². The molecule has 2 rings (SSSR count). The van der Waals surface area contributed by atoms with Crippen molar-refractivity contribution in [2.45, 2.75) is 18.9 Å². The molecule has 3 heteroatoms. The number of benzene rings is 2. The Labute approximate surface area is 126 Å². The van der Waals surface area contributed by atoms with Crippen LogP contribution in [0.4, 0.5) is 4.39 Å². The lowest BCUT2D eigenvalue weighted by Crippen LogP contribution is -2.20. The first kappa shape index (κ1) is 15.7. The number of nitrogens with one attached hydrogen (secondary N) is 1. The Hall–Kier alpha value is -1.71. The Kier molecular flexibility index (Phi) is 6.38. The maximum Gasteiger partial charge on any atom is 0.123 e. The third kappa shape index (κ3) is 5.29. The first-order valence-corrected chi connectivity index (χ1v) is 7.35. The summed E-state index contributed by atoms with van der Waals surface area (Å²) in [5, 5.41) is 3.12. The van der Waals surface area contributed by atoms with E-state index in [9.17, 15) is 4.39 Å². The lowest BCUT2D eigenvalue weighted by atomic mass is 10.1. The van der Waals surface area contributed by atoms with Crippen LogP contribution in [0.1, 0.15) is 23.7 Å². The van der Waals surface area contributed by atoms with E-state index in [-0.39, 0.29) is 11.9 Å². The van der Waals surface area contributed by atoms with Gasteiger partial charge in [0, 0.05) is 13.2 Å². The molecule has 1 N–H and O–H groups in total. The van der Waals surface area contributed by atoms with Crippen LogP contribution in [0.25, 0.3) is 0 Å². The Morgan fingerprint density at radius 1 is 1.05 bits per heavy atom. The summed E-state index contributed by atoms with van der Waals surface area (Å²) in [4.78, 5) is 0. The van der Waals surface area contributed by atoms with E-state index in [2.05, 4.69) is 29.6 Å². The third-order valence-electron chi connectivity index (χ3n) is 3.40. The van der Waals surface area contributed by atoms with E-state index < -0.39 is 0 Å². The normalized spacial score (nSPS) is 12.3. The molecule has 1 atom stereocenters. The number of likely N-dealkylation sites (N-methyl/N-ethyl adjacent to an activating group) is 1. The molecule has 2 aromatic rings. The fourth-order valence-electron chi connectivity index (χ4n) is 2.28. The highest BCUT2D eigenvalue weighted by molar-refractivity contribution is 5.19. The van der Waals surface area contributed by atoms with Gasteiger partial charge in [0.1, 0.15) is 5.82 Å². The number of hydrogen-bond acceptors (Lipinski definition) is 2. The topological polar surface area (TPSA) is 21.3 Å². The quantitative estimate of drug-likeness (QED) is 0.747.